The SMILES string of the molecule is N#Cc1cc(-c2ccccc2)ccc1N(C1=CC=c2ccc3c4c2C1C=CC4C=CC=3N(c1cc(-c2ccccc2)cc(-c2ccccc2)c1)c1ccc(-c2ccccc2)cc1C#N)c1cc(-c2ccccc2)cc(-c2ccccc2)c1. The van der Waals surface area contributed by atoms with E-state index in [2.05, 4.69) is 277 Å². The highest BCUT2D eigenvalue weighted by Crippen LogP contribution is 2.48. The normalized spacial score (nSPS) is 14.4. The Morgan fingerprint density at radius 1 is 0.317 bits per heavy atom. The van der Waals surface area contributed by atoms with E-state index < -0.39 is 0 Å². The number of anilines is 4. The van der Waals surface area contributed by atoms with Gasteiger partial charge in [-0.25, -0.2) is 0 Å². The Kier molecular flexibility index (Phi) is 12.8. The van der Waals surface area contributed by atoms with Gasteiger partial charge in [-0.05, 0) is 156 Å². The predicted octanol–water partition coefficient (Wildman–Crippen LogP) is 18.2. The first-order chi connectivity index (χ1) is 40.6. The molecule has 0 N–H and O–H groups in total. The summed E-state index contributed by atoms with van der Waals surface area (Å²) in [5.41, 5.74) is 21.8. The lowest BCUT2D eigenvalue weighted by Crippen LogP contribution is -2.37. The van der Waals surface area contributed by atoms with Crippen molar-refractivity contribution in [3.8, 4) is 78.9 Å². The number of benzene rings is 11. The zero-order chi connectivity index (χ0) is 54.9. The summed E-state index contributed by atoms with van der Waals surface area (Å²) in [5, 5.41) is 24.8. The second-order valence-corrected chi connectivity index (χ2v) is 21.0. The van der Waals surface area contributed by atoms with Crippen molar-refractivity contribution in [2.45, 2.75) is 11.8 Å². The summed E-state index contributed by atoms with van der Waals surface area (Å²) in [6, 6.07) is 98.8. The van der Waals surface area contributed by atoms with Crippen LogP contribution in [0.5, 0.6) is 0 Å². The third kappa shape index (κ3) is 9.11. The molecule has 0 saturated carbocycles. The van der Waals surface area contributed by atoms with Crippen molar-refractivity contribution in [1.82, 2.24) is 0 Å². The maximum Gasteiger partial charge on any atom is 0.101 e. The average molecular weight is 1050 g/mol. The summed E-state index contributed by atoms with van der Waals surface area (Å²) in [6.07, 6.45) is 13.8. The molecule has 11 aromatic carbocycles. The van der Waals surface area contributed by atoms with Gasteiger partial charge in [0, 0.05) is 34.1 Å². The van der Waals surface area contributed by atoms with Gasteiger partial charge in [0.15, 0.2) is 0 Å². The molecule has 0 heterocycles. The molecular formula is C78H52N4. The van der Waals surface area contributed by atoms with Gasteiger partial charge in [-0.2, -0.15) is 10.5 Å². The van der Waals surface area contributed by atoms with Crippen LogP contribution in [0.15, 0.2) is 303 Å². The Hall–Kier alpha value is -11.0. The Morgan fingerprint density at radius 3 is 1.15 bits per heavy atom. The van der Waals surface area contributed by atoms with E-state index in [1.165, 1.54) is 11.1 Å². The van der Waals surface area contributed by atoms with Crippen molar-refractivity contribution < 1.29 is 0 Å². The molecule has 3 aliphatic rings. The number of hydrogen-bond acceptors (Lipinski definition) is 4. The molecule has 4 nitrogen and oxygen atoms in total. The van der Waals surface area contributed by atoms with E-state index in [0.29, 0.717) is 11.1 Å². The number of hydrogen-bond donors (Lipinski definition) is 0. The molecule has 14 rings (SSSR count). The molecular weight excluding hydrogens is 993 g/mol. The van der Waals surface area contributed by atoms with Crippen LogP contribution in [-0.4, -0.2) is 0 Å². The summed E-state index contributed by atoms with van der Waals surface area (Å²) < 4.78 is 0. The summed E-state index contributed by atoms with van der Waals surface area (Å²) in [7, 11) is 0. The van der Waals surface area contributed by atoms with E-state index in [9.17, 15) is 10.5 Å². The smallest absolute Gasteiger partial charge is 0.101 e. The zero-order valence-corrected chi connectivity index (χ0v) is 44.8. The second-order valence-electron chi connectivity index (χ2n) is 21.0. The van der Waals surface area contributed by atoms with Crippen LogP contribution in [0.3, 0.4) is 0 Å². The van der Waals surface area contributed by atoms with E-state index >= 15 is 0 Å². The molecule has 0 amide bonds. The van der Waals surface area contributed by atoms with Crippen LogP contribution in [0.2, 0.25) is 0 Å². The van der Waals surface area contributed by atoms with Gasteiger partial charge in [-0.1, -0.05) is 231 Å². The number of nitriles is 2. The Labute approximate surface area is 478 Å². The average Bonchev–Trinajstić information content (AvgIpc) is 3.75. The molecule has 384 valence electrons. The van der Waals surface area contributed by atoms with Gasteiger partial charge in [0.1, 0.15) is 12.1 Å². The highest BCUT2D eigenvalue weighted by molar-refractivity contribution is 5.93. The number of allylic oxidation sites excluding steroid dienone is 4. The Balaban J connectivity index is 0.999. The highest BCUT2D eigenvalue weighted by atomic mass is 15.2. The van der Waals surface area contributed by atoms with Gasteiger partial charge < -0.3 is 9.80 Å². The van der Waals surface area contributed by atoms with Crippen molar-refractivity contribution in [1.29, 1.82) is 10.5 Å². The Morgan fingerprint density at radius 2 is 0.720 bits per heavy atom. The van der Waals surface area contributed by atoms with Gasteiger partial charge in [0.2, 0.25) is 0 Å². The van der Waals surface area contributed by atoms with E-state index in [0.717, 1.165) is 111 Å². The van der Waals surface area contributed by atoms with E-state index in [4.69, 9.17) is 0 Å². The molecule has 0 aromatic heterocycles. The van der Waals surface area contributed by atoms with Crippen molar-refractivity contribution in [3.05, 3.63) is 336 Å². The van der Waals surface area contributed by atoms with Gasteiger partial charge in [-0.3, -0.25) is 0 Å². The summed E-state index contributed by atoms with van der Waals surface area (Å²) >= 11 is 0. The molecule has 0 bridgehead atoms. The van der Waals surface area contributed by atoms with E-state index in [1.807, 2.05) is 48.5 Å². The van der Waals surface area contributed by atoms with Crippen LogP contribution < -0.4 is 20.2 Å². The van der Waals surface area contributed by atoms with Crippen LogP contribution >= 0.6 is 0 Å². The van der Waals surface area contributed by atoms with Crippen molar-refractivity contribution in [2.75, 3.05) is 9.80 Å². The summed E-state index contributed by atoms with van der Waals surface area (Å²) in [6.45, 7) is 0. The molecule has 11 aromatic rings. The minimum Gasteiger partial charge on any atom is -0.312 e. The third-order valence-electron chi connectivity index (χ3n) is 16.2. The monoisotopic (exact) mass is 1040 g/mol. The van der Waals surface area contributed by atoms with Gasteiger partial charge in [-0.15, -0.1) is 0 Å². The van der Waals surface area contributed by atoms with Crippen molar-refractivity contribution >= 4 is 34.5 Å². The standard InChI is InChI=1S/C78H52N4/c79-51-67-43-61(53-19-7-1-8-20-53)35-39-73(67)81(69-47-63(55-23-11-3-12-24-55)45-64(48-69)56-25-13-4-14-26-56)75-41-33-59-32-38-72-76(42-34-60-31-37-71(75)77(59)78(60)72)82(74-40-36-62(44-68(74)52-80)54-21-9-2-10-22-54)70-49-65(57-27-15-5-16-28-57)46-66(50-70)58-29-17-6-18-30-58/h1-50,59,72H. The van der Waals surface area contributed by atoms with E-state index in [1.54, 1.807) is 0 Å². The lowest BCUT2D eigenvalue weighted by Gasteiger charge is -2.39. The molecule has 0 aliphatic heterocycles. The first-order valence-corrected chi connectivity index (χ1v) is 27.8. The first-order valence-electron chi connectivity index (χ1n) is 27.8. The largest absolute Gasteiger partial charge is 0.312 e. The number of nitrogens with zero attached hydrogens (tertiary/aromatic N) is 4. The second kappa shape index (κ2) is 21.3. The molecule has 2 atom stereocenters. The van der Waals surface area contributed by atoms with Crippen LogP contribution in [0, 0.1) is 22.7 Å². The molecule has 0 saturated heterocycles. The van der Waals surface area contributed by atoms with Gasteiger partial charge >= 0.3 is 0 Å². The van der Waals surface area contributed by atoms with Crippen LogP contribution in [0.4, 0.5) is 22.7 Å². The number of rotatable bonds is 12. The minimum absolute atomic E-state index is 0.0228. The minimum atomic E-state index is -0.209. The quantitative estimate of drug-likeness (QED) is 0.114. The van der Waals surface area contributed by atoms with Crippen molar-refractivity contribution in [2.24, 2.45) is 0 Å². The lowest BCUT2D eigenvalue weighted by atomic mass is 9.74. The molecule has 0 fully saturated rings. The molecule has 2 unspecified atom stereocenters. The van der Waals surface area contributed by atoms with Gasteiger partial charge in [0.05, 0.1) is 28.2 Å². The summed E-state index contributed by atoms with van der Waals surface area (Å²) in [5.74, 6) is -0.232. The lowest BCUT2D eigenvalue weighted by molar-refractivity contribution is 0.841. The molecule has 0 radical (unpaired) electrons. The zero-order valence-electron chi connectivity index (χ0n) is 44.8. The molecule has 0 spiro atoms. The fraction of sp³-hybridized carbons (Fsp3) is 0.0256. The Bertz CT molecular complexity index is 4460. The molecule has 82 heavy (non-hydrogen) atoms. The highest BCUT2D eigenvalue weighted by Gasteiger charge is 2.35. The first kappa shape index (κ1) is 49.3. The summed E-state index contributed by atoms with van der Waals surface area (Å²) in [4.78, 5) is 4.65. The molecule has 4 heteroatoms. The van der Waals surface area contributed by atoms with Gasteiger partial charge in [0.25, 0.3) is 0 Å². The van der Waals surface area contributed by atoms with Crippen LogP contribution in [-0.2, 0) is 0 Å². The predicted molar refractivity (Wildman–Crippen MR) is 338 cm³/mol. The maximum absolute atomic E-state index is 11.3. The van der Waals surface area contributed by atoms with Crippen molar-refractivity contribution in [3.63, 3.8) is 0 Å². The fourth-order valence-electron chi connectivity index (χ4n) is 12.3. The van der Waals surface area contributed by atoms with E-state index in [-0.39, 0.29) is 11.8 Å². The van der Waals surface area contributed by atoms with Crippen LogP contribution in [0.25, 0.3) is 78.5 Å². The topological polar surface area (TPSA) is 54.1 Å². The van der Waals surface area contributed by atoms with Crippen LogP contribution in [0.1, 0.15) is 34.1 Å². The maximum atomic E-state index is 11.3. The fourth-order valence-corrected chi connectivity index (χ4v) is 12.3. The molecule has 3 aliphatic carbocycles. The third-order valence-corrected chi connectivity index (χ3v) is 16.2.